The van der Waals surface area contributed by atoms with Crippen molar-refractivity contribution in [1.29, 1.82) is 0 Å². The lowest BCUT2D eigenvalue weighted by Gasteiger charge is -2.07. The van der Waals surface area contributed by atoms with E-state index >= 15 is 0 Å². The number of thiazole rings is 1. The van der Waals surface area contributed by atoms with Gasteiger partial charge in [0.15, 0.2) is 0 Å². The van der Waals surface area contributed by atoms with Gasteiger partial charge in [0.05, 0.1) is 20.7 Å². The van der Waals surface area contributed by atoms with Crippen molar-refractivity contribution in [2.45, 2.75) is 6.42 Å². The quantitative estimate of drug-likeness (QED) is 0.907. The molecule has 1 aromatic carbocycles. The van der Waals surface area contributed by atoms with Crippen LogP contribution in [-0.4, -0.2) is 11.5 Å². The first kappa shape index (κ1) is 11.7. The number of nitrogens with zero attached hydrogens (tertiary/aromatic N) is 1. The second-order valence-corrected chi connectivity index (χ2v) is 4.97. The molecule has 2 nitrogen and oxygen atoms in total. The van der Waals surface area contributed by atoms with Crippen LogP contribution in [0.4, 0.5) is 5.69 Å². The number of nitrogens with one attached hydrogen (secondary N) is 1. The van der Waals surface area contributed by atoms with Crippen molar-refractivity contribution in [2.75, 3.05) is 11.9 Å². The van der Waals surface area contributed by atoms with Gasteiger partial charge in [0.1, 0.15) is 0 Å². The zero-order chi connectivity index (χ0) is 11.4. The lowest BCUT2D eigenvalue weighted by Crippen LogP contribution is -2.04. The molecule has 2 rings (SSSR count). The monoisotopic (exact) mass is 272 g/mol. The van der Waals surface area contributed by atoms with Gasteiger partial charge in [-0.1, -0.05) is 29.3 Å². The van der Waals surface area contributed by atoms with Gasteiger partial charge in [-0.05, 0) is 12.1 Å². The van der Waals surface area contributed by atoms with Gasteiger partial charge in [-0.3, -0.25) is 0 Å². The molecule has 2 aromatic rings. The molecule has 0 aliphatic rings. The molecule has 0 fully saturated rings. The first-order valence-corrected chi connectivity index (χ1v) is 6.47. The number of hydrogen-bond acceptors (Lipinski definition) is 3. The minimum Gasteiger partial charge on any atom is -0.383 e. The van der Waals surface area contributed by atoms with Crippen molar-refractivity contribution in [3.05, 3.63) is 44.8 Å². The molecule has 0 bridgehead atoms. The number of aromatic nitrogens is 1. The fourth-order valence-corrected chi connectivity index (χ4v) is 2.31. The van der Waals surface area contributed by atoms with E-state index < -0.39 is 0 Å². The molecule has 1 heterocycles. The van der Waals surface area contributed by atoms with Gasteiger partial charge in [-0.2, -0.15) is 0 Å². The first-order chi connectivity index (χ1) is 7.77. The van der Waals surface area contributed by atoms with Crippen LogP contribution in [0.2, 0.25) is 10.0 Å². The molecule has 0 saturated heterocycles. The standard InChI is InChI=1S/C11H10Cl2N2S/c12-8-2-1-3-9(11(8)13)14-5-4-10-15-6-7-16-10/h1-3,6-7,14H,4-5H2. The van der Waals surface area contributed by atoms with Gasteiger partial charge >= 0.3 is 0 Å². The molecule has 0 aliphatic carbocycles. The lowest BCUT2D eigenvalue weighted by molar-refractivity contribution is 0.998. The van der Waals surface area contributed by atoms with Crippen LogP contribution < -0.4 is 5.32 Å². The Hall–Kier alpha value is -0.770. The van der Waals surface area contributed by atoms with Gasteiger partial charge in [0.2, 0.25) is 0 Å². The van der Waals surface area contributed by atoms with Crippen molar-refractivity contribution in [3.8, 4) is 0 Å². The van der Waals surface area contributed by atoms with Crippen LogP contribution in [0.15, 0.2) is 29.8 Å². The van der Waals surface area contributed by atoms with Gasteiger partial charge in [-0.25, -0.2) is 4.98 Å². The highest BCUT2D eigenvalue weighted by Crippen LogP contribution is 2.29. The second-order valence-electron chi connectivity index (χ2n) is 3.20. The van der Waals surface area contributed by atoms with E-state index in [9.17, 15) is 0 Å². The molecular weight excluding hydrogens is 263 g/mol. The van der Waals surface area contributed by atoms with E-state index in [1.54, 1.807) is 17.4 Å². The van der Waals surface area contributed by atoms with Gasteiger partial charge in [0.25, 0.3) is 0 Å². The Labute approximate surface area is 108 Å². The Morgan fingerprint density at radius 2 is 2.19 bits per heavy atom. The highest BCUT2D eigenvalue weighted by atomic mass is 35.5. The minimum absolute atomic E-state index is 0.570. The summed E-state index contributed by atoms with van der Waals surface area (Å²) in [5.74, 6) is 0. The van der Waals surface area contributed by atoms with E-state index in [0.29, 0.717) is 10.0 Å². The molecule has 0 saturated carbocycles. The second kappa shape index (κ2) is 5.53. The molecule has 1 N–H and O–H groups in total. The summed E-state index contributed by atoms with van der Waals surface area (Å²) in [6.45, 7) is 0.799. The molecule has 1 aromatic heterocycles. The van der Waals surface area contributed by atoms with Crippen LogP contribution in [0.25, 0.3) is 0 Å². The maximum Gasteiger partial charge on any atom is 0.0942 e. The summed E-state index contributed by atoms with van der Waals surface area (Å²) in [7, 11) is 0. The normalized spacial score (nSPS) is 10.4. The van der Waals surface area contributed by atoms with Crippen molar-refractivity contribution in [3.63, 3.8) is 0 Å². The van der Waals surface area contributed by atoms with Crippen molar-refractivity contribution in [2.24, 2.45) is 0 Å². The Bertz CT molecular complexity index is 457. The zero-order valence-corrected chi connectivity index (χ0v) is 10.7. The van der Waals surface area contributed by atoms with Crippen LogP contribution >= 0.6 is 34.5 Å². The smallest absolute Gasteiger partial charge is 0.0942 e. The maximum absolute atomic E-state index is 6.05. The highest BCUT2D eigenvalue weighted by molar-refractivity contribution is 7.09. The lowest BCUT2D eigenvalue weighted by atomic mass is 10.3. The molecule has 0 spiro atoms. The Kier molecular flexibility index (Phi) is 4.04. The van der Waals surface area contributed by atoms with Gasteiger partial charge < -0.3 is 5.32 Å². The maximum atomic E-state index is 6.05. The van der Waals surface area contributed by atoms with E-state index in [4.69, 9.17) is 23.2 Å². The van der Waals surface area contributed by atoms with E-state index in [1.165, 1.54) is 0 Å². The summed E-state index contributed by atoms with van der Waals surface area (Å²) < 4.78 is 0. The molecule has 16 heavy (non-hydrogen) atoms. The molecule has 0 atom stereocenters. The van der Waals surface area contributed by atoms with E-state index in [2.05, 4.69) is 10.3 Å². The van der Waals surface area contributed by atoms with Crippen LogP contribution in [0.3, 0.4) is 0 Å². The summed E-state index contributed by atoms with van der Waals surface area (Å²) in [5, 5.41) is 7.48. The number of anilines is 1. The van der Waals surface area contributed by atoms with Crippen molar-refractivity contribution < 1.29 is 0 Å². The number of benzene rings is 1. The largest absolute Gasteiger partial charge is 0.383 e. The Morgan fingerprint density at radius 1 is 1.31 bits per heavy atom. The molecular formula is C11H10Cl2N2S. The van der Waals surface area contributed by atoms with Crippen molar-refractivity contribution >= 4 is 40.2 Å². The molecule has 0 amide bonds. The fourth-order valence-electron chi connectivity index (χ4n) is 1.32. The Balaban J connectivity index is 1.92. The average molecular weight is 273 g/mol. The SMILES string of the molecule is Clc1cccc(NCCc2nccs2)c1Cl. The molecule has 0 aliphatic heterocycles. The number of halogens is 2. The Morgan fingerprint density at radius 3 is 2.94 bits per heavy atom. The third-order valence-corrected chi connectivity index (χ3v) is 3.75. The third kappa shape index (κ3) is 2.88. The molecule has 0 unspecified atom stereocenters. The predicted octanol–water partition coefficient (Wildman–Crippen LogP) is 4.10. The van der Waals surface area contributed by atoms with Crippen LogP contribution in [0.1, 0.15) is 5.01 Å². The van der Waals surface area contributed by atoms with E-state index in [-0.39, 0.29) is 0 Å². The predicted molar refractivity (Wildman–Crippen MR) is 70.8 cm³/mol. The zero-order valence-electron chi connectivity index (χ0n) is 8.41. The molecule has 5 heteroatoms. The number of hydrogen-bond donors (Lipinski definition) is 1. The summed E-state index contributed by atoms with van der Waals surface area (Å²) in [4.78, 5) is 4.21. The fraction of sp³-hybridized carbons (Fsp3) is 0.182. The van der Waals surface area contributed by atoms with Gasteiger partial charge in [-0.15, -0.1) is 11.3 Å². The summed E-state index contributed by atoms with van der Waals surface area (Å²) >= 11 is 13.6. The summed E-state index contributed by atoms with van der Waals surface area (Å²) in [5.41, 5.74) is 0.866. The first-order valence-electron chi connectivity index (χ1n) is 4.83. The summed E-state index contributed by atoms with van der Waals surface area (Å²) in [6, 6.07) is 5.56. The molecule has 84 valence electrons. The molecule has 0 radical (unpaired) electrons. The average Bonchev–Trinajstić information content (AvgIpc) is 2.77. The van der Waals surface area contributed by atoms with Crippen LogP contribution in [-0.2, 0) is 6.42 Å². The van der Waals surface area contributed by atoms with Crippen molar-refractivity contribution in [1.82, 2.24) is 4.98 Å². The van der Waals surface area contributed by atoms with Crippen LogP contribution in [0.5, 0.6) is 0 Å². The number of rotatable bonds is 4. The minimum atomic E-state index is 0.570. The topological polar surface area (TPSA) is 24.9 Å². The highest BCUT2D eigenvalue weighted by Gasteiger charge is 2.03. The van der Waals surface area contributed by atoms with Gasteiger partial charge in [0, 0.05) is 24.5 Å². The van der Waals surface area contributed by atoms with E-state index in [1.807, 2.05) is 23.7 Å². The summed E-state index contributed by atoms with van der Waals surface area (Å²) in [6.07, 6.45) is 2.70. The van der Waals surface area contributed by atoms with E-state index in [0.717, 1.165) is 23.7 Å². The van der Waals surface area contributed by atoms with Crippen LogP contribution in [0, 0.1) is 0 Å². The third-order valence-electron chi connectivity index (χ3n) is 2.09.